The predicted octanol–water partition coefficient (Wildman–Crippen LogP) is 6.42. The van der Waals surface area contributed by atoms with Gasteiger partial charge in [0, 0.05) is 42.0 Å². The Morgan fingerprint density at radius 2 is 1.65 bits per heavy atom. The summed E-state index contributed by atoms with van der Waals surface area (Å²) >= 11 is 0. The van der Waals surface area contributed by atoms with E-state index in [-0.39, 0.29) is 44.9 Å². The number of benzene rings is 3. The number of carbonyl (C=O) groups excluding carboxylic acids is 2. The van der Waals surface area contributed by atoms with E-state index in [2.05, 4.69) is 20.6 Å². The Hall–Kier alpha value is -5.46. The second-order valence-corrected chi connectivity index (χ2v) is 10.7. The summed E-state index contributed by atoms with van der Waals surface area (Å²) in [6.45, 7) is -1.61. The number of furan rings is 1. The summed E-state index contributed by atoms with van der Waals surface area (Å²) in [6, 6.07) is 14.2. The molecule has 1 fully saturated rings. The molecule has 2 amide bonds. The molecule has 1 aliphatic rings. The Kier molecular flexibility index (Phi) is 7.84. The van der Waals surface area contributed by atoms with Gasteiger partial charge in [-0.2, -0.15) is 13.2 Å². The van der Waals surface area contributed by atoms with Crippen LogP contribution in [0.5, 0.6) is 11.5 Å². The van der Waals surface area contributed by atoms with E-state index in [0.717, 1.165) is 0 Å². The van der Waals surface area contributed by atoms with Crippen molar-refractivity contribution in [3.8, 4) is 33.9 Å². The molecule has 5 aromatic rings. The summed E-state index contributed by atoms with van der Waals surface area (Å²) in [7, 11) is 2.81. The fourth-order valence-corrected chi connectivity index (χ4v) is 5.20. The molecular weight excluding hydrogens is 608 g/mol. The monoisotopic (exact) mass is 634 g/mol. The minimum Gasteiger partial charge on any atom is -0.496 e. The Morgan fingerprint density at radius 3 is 2.28 bits per heavy atom. The van der Waals surface area contributed by atoms with E-state index in [9.17, 15) is 27.2 Å². The van der Waals surface area contributed by atoms with E-state index in [4.69, 9.17) is 13.9 Å². The first-order valence-electron chi connectivity index (χ1n) is 14.1. The molecule has 2 aromatic heterocycles. The summed E-state index contributed by atoms with van der Waals surface area (Å²) in [5.41, 5.74) is 0.317. The highest BCUT2D eigenvalue weighted by Gasteiger charge is 2.48. The molecule has 13 heteroatoms. The maximum absolute atomic E-state index is 13.7. The van der Waals surface area contributed by atoms with Gasteiger partial charge in [0.15, 0.2) is 12.4 Å². The van der Waals surface area contributed by atoms with Gasteiger partial charge in [-0.15, -0.1) is 0 Å². The zero-order chi connectivity index (χ0) is 32.6. The molecule has 46 heavy (non-hydrogen) atoms. The van der Waals surface area contributed by atoms with Crippen LogP contribution in [-0.4, -0.2) is 48.7 Å². The third-order valence-electron chi connectivity index (χ3n) is 7.59. The molecular formula is C33H26F4N4O5. The number of ether oxygens (including phenoxy) is 2. The highest BCUT2D eigenvalue weighted by Crippen LogP contribution is 2.45. The van der Waals surface area contributed by atoms with E-state index in [1.54, 1.807) is 24.5 Å². The van der Waals surface area contributed by atoms with Gasteiger partial charge in [0.1, 0.15) is 34.2 Å². The highest BCUT2D eigenvalue weighted by atomic mass is 19.4. The zero-order valence-electron chi connectivity index (χ0n) is 24.5. The third-order valence-corrected chi connectivity index (χ3v) is 7.59. The van der Waals surface area contributed by atoms with Crippen molar-refractivity contribution in [2.24, 2.45) is 0 Å². The van der Waals surface area contributed by atoms with Crippen molar-refractivity contribution in [2.75, 3.05) is 20.8 Å². The molecule has 0 atom stereocenters. The minimum atomic E-state index is -4.66. The number of fused-ring (bicyclic) bond motifs is 1. The Morgan fingerprint density at radius 1 is 0.957 bits per heavy atom. The van der Waals surface area contributed by atoms with Gasteiger partial charge in [-0.05, 0) is 66.9 Å². The number of rotatable bonds is 9. The second-order valence-electron chi connectivity index (χ2n) is 10.7. The van der Waals surface area contributed by atoms with Crippen molar-refractivity contribution < 1.29 is 41.0 Å². The Labute approximate surface area is 259 Å². The number of methoxy groups -OCH3 is 1. The molecule has 2 heterocycles. The number of halogens is 4. The number of nitrogens with one attached hydrogen (secondary N) is 2. The molecule has 1 saturated carbocycles. The molecule has 0 saturated heterocycles. The smallest absolute Gasteiger partial charge is 0.422 e. The van der Waals surface area contributed by atoms with Gasteiger partial charge >= 0.3 is 6.18 Å². The van der Waals surface area contributed by atoms with E-state index in [0.29, 0.717) is 29.8 Å². The van der Waals surface area contributed by atoms with E-state index in [1.807, 2.05) is 0 Å². The van der Waals surface area contributed by atoms with Crippen LogP contribution >= 0.6 is 0 Å². The third kappa shape index (κ3) is 5.95. The van der Waals surface area contributed by atoms with Gasteiger partial charge in [0.25, 0.3) is 11.8 Å². The molecule has 236 valence electrons. The van der Waals surface area contributed by atoms with Crippen LogP contribution in [0.2, 0.25) is 0 Å². The van der Waals surface area contributed by atoms with Crippen LogP contribution in [0.4, 0.5) is 17.6 Å². The van der Waals surface area contributed by atoms with Gasteiger partial charge in [0.2, 0.25) is 0 Å². The Balaban J connectivity index is 1.49. The number of nitrogens with zero attached hydrogens (tertiary/aromatic N) is 2. The summed E-state index contributed by atoms with van der Waals surface area (Å²) in [4.78, 5) is 35.3. The number of aromatic nitrogens is 2. The average Bonchev–Trinajstić information content (AvgIpc) is 3.74. The lowest BCUT2D eigenvalue weighted by Crippen LogP contribution is -2.36. The topological polar surface area (TPSA) is 116 Å². The summed E-state index contributed by atoms with van der Waals surface area (Å²) in [5.74, 6) is -0.990. The molecule has 0 unspecified atom stereocenters. The average molecular weight is 635 g/mol. The van der Waals surface area contributed by atoms with Crippen LogP contribution < -0.4 is 20.1 Å². The molecule has 2 N–H and O–H groups in total. The normalized spacial score (nSPS) is 13.7. The highest BCUT2D eigenvalue weighted by molar-refractivity contribution is 6.12. The zero-order valence-corrected chi connectivity index (χ0v) is 24.5. The minimum absolute atomic E-state index is 0.0591. The van der Waals surface area contributed by atoms with Crippen molar-refractivity contribution in [2.45, 2.75) is 24.6 Å². The van der Waals surface area contributed by atoms with Crippen LogP contribution in [0.1, 0.15) is 39.4 Å². The first-order valence-corrected chi connectivity index (χ1v) is 14.1. The molecule has 0 spiro atoms. The lowest BCUT2D eigenvalue weighted by atomic mass is 9.97. The van der Waals surface area contributed by atoms with Gasteiger partial charge in [0.05, 0.1) is 18.2 Å². The first kappa shape index (κ1) is 30.6. The summed E-state index contributed by atoms with van der Waals surface area (Å²) in [5, 5.41) is 5.79. The van der Waals surface area contributed by atoms with Crippen LogP contribution in [0.25, 0.3) is 33.4 Å². The Bertz CT molecular complexity index is 1940. The van der Waals surface area contributed by atoms with Gasteiger partial charge in [-0.3, -0.25) is 9.59 Å². The largest absolute Gasteiger partial charge is 0.496 e. The van der Waals surface area contributed by atoms with Crippen LogP contribution in [-0.2, 0) is 5.54 Å². The molecule has 6 rings (SSSR count). The summed E-state index contributed by atoms with van der Waals surface area (Å²) in [6.07, 6.45) is -0.255. The number of carbonyl (C=O) groups is 2. The van der Waals surface area contributed by atoms with E-state index >= 15 is 0 Å². The fourth-order valence-electron chi connectivity index (χ4n) is 5.20. The van der Waals surface area contributed by atoms with Gasteiger partial charge in [-0.25, -0.2) is 14.4 Å². The van der Waals surface area contributed by atoms with Crippen molar-refractivity contribution in [1.29, 1.82) is 0 Å². The number of amides is 2. The van der Waals surface area contributed by atoms with Crippen molar-refractivity contribution in [3.05, 3.63) is 95.8 Å². The van der Waals surface area contributed by atoms with Crippen LogP contribution in [0, 0.1) is 5.82 Å². The lowest BCUT2D eigenvalue weighted by molar-refractivity contribution is -0.153. The quantitative estimate of drug-likeness (QED) is 0.180. The summed E-state index contributed by atoms with van der Waals surface area (Å²) < 4.78 is 70.3. The molecule has 0 radical (unpaired) electrons. The number of hydrogen-bond donors (Lipinski definition) is 2. The SMILES string of the molecule is CNC(=O)c1c(-c2ccc(F)cc2)oc2cc(OCC(F)(F)F)c(-c3ccc(OC)c(C(=O)NC4(c5ncccn5)CC4)c3)cc12. The van der Waals surface area contributed by atoms with Crippen LogP contribution in [0.3, 0.4) is 0 Å². The van der Waals surface area contributed by atoms with Crippen LogP contribution in [0.15, 0.2) is 77.5 Å². The second kappa shape index (κ2) is 11.8. The predicted molar refractivity (Wildman–Crippen MR) is 159 cm³/mol. The van der Waals surface area contributed by atoms with Gasteiger partial charge < -0.3 is 24.5 Å². The number of alkyl halides is 3. The van der Waals surface area contributed by atoms with Crippen molar-refractivity contribution >= 4 is 22.8 Å². The number of hydrogen-bond acceptors (Lipinski definition) is 7. The molecule has 0 aliphatic heterocycles. The first-order chi connectivity index (χ1) is 22.0. The van der Waals surface area contributed by atoms with Crippen molar-refractivity contribution in [1.82, 2.24) is 20.6 Å². The van der Waals surface area contributed by atoms with Gasteiger partial charge in [-0.1, -0.05) is 6.07 Å². The lowest BCUT2D eigenvalue weighted by Gasteiger charge is -2.18. The van der Waals surface area contributed by atoms with E-state index in [1.165, 1.54) is 62.7 Å². The maximum atomic E-state index is 13.7. The maximum Gasteiger partial charge on any atom is 0.422 e. The van der Waals surface area contributed by atoms with Crippen molar-refractivity contribution in [3.63, 3.8) is 0 Å². The van der Waals surface area contributed by atoms with E-state index < -0.39 is 36.0 Å². The molecule has 9 nitrogen and oxygen atoms in total. The molecule has 3 aromatic carbocycles. The fraction of sp³-hybridized carbons (Fsp3) is 0.212. The molecule has 1 aliphatic carbocycles. The standard InChI is InChI=1S/C33H26F4N4O5/c1-38-30(43)27-22-15-21(25(45-17-33(35,36)37)16-26(22)46-28(27)18-4-7-20(34)8-5-18)19-6-9-24(44-2)23(14-19)29(42)41-32(10-11-32)31-39-12-3-13-40-31/h3-9,12-16H,10-11,17H2,1-2H3,(H,38,43)(H,41,42). The molecule has 0 bridgehead atoms.